The number of carbonyl (C=O) groups is 1. The molecule has 0 aliphatic carbocycles. The molecule has 1 amide bonds. The first-order valence-electron chi connectivity index (χ1n) is 6.91. The van der Waals surface area contributed by atoms with E-state index in [1.807, 2.05) is 12.1 Å². The summed E-state index contributed by atoms with van der Waals surface area (Å²) in [6, 6.07) is 10.5. The van der Waals surface area contributed by atoms with Gasteiger partial charge in [-0.1, -0.05) is 23.7 Å². The third-order valence-electron chi connectivity index (χ3n) is 3.26. The Morgan fingerprint density at radius 2 is 1.57 bits per heavy atom. The first-order valence-corrected chi connectivity index (χ1v) is 7.29. The van der Waals surface area contributed by atoms with E-state index in [1.165, 1.54) is 14.2 Å². The van der Waals surface area contributed by atoms with Crippen molar-refractivity contribution >= 4 is 23.2 Å². The lowest BCUT2D eigenvalue weighted by Crippen LogP contribution is -2.15. The number of anilines is 1. The van der Waals surface area contributed by atoms with E-state index in [0.717, 1.165) is 5.56 Å². The minimum atomic E-state index is -0.186. The summed E-state index contributed by atoms with van der Waals surface area (Å²) in [4.78, 5) is 12.3. The van der Waals surface area contributed by atoms with E-state index in [0.29, 0.717) is 28.0 Å². The second kappa shape index (κ2) is 7.74. The Labute approximate surface area is 140 Å². The second-order valence-corrected chi connectivity index (χ2v) is 5.19. The number of nitrogens with one attached hydrogen (secondary N) is 1. The Hall–Kier alpha value is -2.40. The van der Waals surface area contributed by atoms with Gasteiger partial charge in [0.15, 0.2) is 0 Å². The largest absolute Gasteiger partial charge is 0.496 e. The van der Waals surface area contributed by atoms with Gasteiger partial charge in [0.1, 0.15) is 22.9 Å². The van der Waals surface area contributed by atoms with Gasteiger partial charge in [-0.3, -0.25) is 4.79 Å². The van der Waals surface area contributed by atoms with E-state index in [9.17, 15) is 4.79 Å². The van der Waals surface area contributed by atoms with Crippen LogP contribution in [0.15, 0.2) is 36.4 Å². The van der Waals surface area contributed by atoms with Gasteiger partial charge in [0.25, 0.3) is 0 Å². The SMILES string of the molecule is COc1cc(OC)c(NC(=O)Cc2ccc(Cl)cc2)c(OC)c1. The van der Waals surface area contributed by atoms with Gasteiger partial charge in [-0.05, 0) is 17.7 Å². The number of rotatable bonds is 6. The minimum absolute atomic E-state index is 0.186. The van der Waals surface area contributed by atoms with Gasteiger partial charge in [0.2, 0.25) is 5.91 Å². The number of benzene rings is 2. The normalized spacial score (nSPS) is 10.1. The fourth-order valence-corrected chi connectivity index (χ4v) is 2.23. The van der Waals surface area contributed by atoms with Gasteiger partial charge in [0, 0.05) is 17.2 Å². The summed E-state index contributed by atoms with van der Waals surface area (Å²) in [5.41, 5.74) is 1.33. The molecule has 0 aliphatic rings. The molecule has 2 rings (SSSR count). The average molecular weight is 336 g/mol. The number of amides is 1. The predicted octanol–water partition coefficient (Wildman–Crippen LogP) is 3.55. The van der Waals surface area contributed by atoms with Crippen molar-refractivity contribution in [3.63, 3.8) is 0 Å². The van der Waals surface area contributed by atoms with Crippen molar-refractivity contribution in [2.45, 2.75) is 6.42 Å². The minimum Gasteiger partial charge on any atom is -0.496 e. The van der Waals surface area contributed by atoms with E-state index in [4.69, 9.17) is 25.8 Å². The van der Waals surface area contributed by atoms with Crippen LogP contribution in [0.1, 0.15) is 5.56 Å². The molecular weight excluding hydrogens is 318 g/mol. The zero-order chi connectivity index (χ0) is 16.8. The topological polar surface area (TPSA) is 56.8 Å². The van der Waals surface area contributed by atoms with Gasteiger partial charge in [-0.25, -0.2) is 0 Å². The van der Waals surface area contributed by atoms with Crippen LogP contribution in [-0.4, -0.2) is 27.2 Å². The number of methoxy groups -OCH3 is 3. The van der Waals surface area contributed by atoms with E-state index >= 15 is 0 Å². The van der Waals surface area contributed by atoms with E-state index in [-0.39, 0.29) is 12.3 Å². The molecule has 0 aromatic heterocycles. The lowest BCUT2D eigenvalue weighted by Gasteiger charge is -2.15. The van der Waals surface area contributed by atoms with Crippen LogP contribution in [0.25, 0.3) is 0 Å². The van der Waals surface area contributed by atoms with E-state index in [1.54, 1.807) is 31.4 Å². The molecule has 0 fully saturated rings. The summed E-state index contributed by atoms with van der Waals surface area (Å²) < 4.78 is 15.8. The van der Waals surface area contributed by atoms with E-state index in [2.05, 4.69) is 5.32 Å². The van der Waals surface area contributed by atoms with Crippen molar-refractivity contribution in [1.29, 1.82) is 0 Å². The Kier molecular flexibility index (Phi) is 5.71. The summed E-state index contributed by atoms with van der Waals surface area (Å²) in [6.45, 7) is 0. The molecule has 0 bridgehead atoms. The molecule has 122 valence electrons. The zero-order valence-corrected chi connectivity index (χ0v) is 13.9. The van der Waals surface area contributed by atoms with Crippen molar-refractivity contribution in [3.05, 3.63) is 47.0 Å². The molecule has 0 aliphatic heterocycles. The zero-order valence-electron chi connectivity index (χ0n) is 13.2. The standard InChI is InChI=1S/C17H18ClNO4/c1-21-13-9-14(22-2)17(15(10-13)23-3)19-16(20)8-11-4-6-12(18)7-5-11/h4-7,9-10H,8H2,1-3H3,(H,19,20). The van der Waals surface area contributed by atoms with Gasteiger partial charge in [-0.15, -0.1) is 0 Å². The molecular formula is C17H18ClNO4. The lowest BCUT2D eigenvalue weighted by atomic mass is 10.1. The molecule has 6 heteroatoms. The van der Waals surface area contributed by atoms with Crippen LogP contribution in [0.5, 0.6) is 17.2 Å². The van der Waals surface area contributed by atoms with Crippen LogP contribution in [0.3, 0.4) is 0 Å². The third-order valence-corrected chi connectivity index (χ3v) is 3.51. The highest BCUT2D eigenvalue weighted by atomic mass is 35.5. The molecule has 0 saturated carbocycles. The highest BCUT2D eigenvalue weighted by Crippen LogP contribution is 2.38. The average Bonchev–Trinajstić information content (AvgIpc) is 2.56. The third kappa shape index (κ3) is 4.29. The van der Waals surface area contributed by atoms with Crippen molar-refractivity contribution in [2.75, 3.05) is 26.6 Å². The van der Waals surface area contributed by atoms with Crippen molar-refractivity contribution in [1.82, 2.24) is 0 Å². The van der Waals surface area contributed by atoms with Crippen LogP contribution in [0, 0.1) is 0 Å². The number of carbonyl (C=O) groups excluding carboxylic acids is 1. The fourth-order valence-electron chi connectivity index (χ4n) is 2.10. The number of hydrogen-bond acceptors (Lipinski definition) is 4. The molecule has 23 heavy (non-hydrogen) atoms. The summed E-state index contributed by atoms with van der Waals surface area (Å²) in [5.74, 6) is 1.32. The molecule has 0 heterocycles. The first kappa shape index (κ1) is 17.0. The van der Waals surface area contributed by atoms with Crippen LogP contribution >= 0.6 is 11.6 Å². The summed E-state index contributed by atoms with van der Waals surface area (Å²) in [6.07, 6.45) is 0.218. The molecule has 2 aromatic rings. The quantitative estimate of drug-likeness (QED) is 0.877. The van der Waals surface area contributed by atoms with Gasteiger partial charge < -0.3 is 19.5 Å². The highest BCUT2D eigenvalue weighted by Gasteiger charge is 2.16. The molecule has 0 unspecified atom stereocenters. The van der Waals surface area contributed by atoms with Crippen LogP contribution in [0.4, 0.5) is 5.69 Å². The Bertz CT molecular complexity index is 660. The Morgan fingerprint density at radius 3 is 2.04 bits per heavy atom. The predicted molar refractivity (Wildman–Crippen MR) is 89.9 cm³/mol. The van der Waals surface area contributed by atoms with Crippen molar-refractivity contribution in [2.24, 2.45) is 0 Å². The number of ether oxygens (including phenoxy) is 3. The molecule has 5 nitrogen and oxygen atoms in total. The second-order valence-electron chi connectivity index (χ2n) is 4.76. The summed E-state index contributed by atoms with van der Waals surface area (Å²) in [7, 11) is 4.58. The maximum Gasteiger partial charge on any atom is 0.228 e. The summed E-state index contributed by atoms with van der Waals surface area (Å²) in [5, 5.41) is 3.45. The molecule has 0 spiro atoms. The Balaban J connectivity index is 2.20. The summed E-state index contributed by atoms with van der Waals surface area (Å²) >= 11 is 5.84. The molecule has 0 radical (unpaired) electrons. The van der Waals surface area contributed by atoms with Crippen molar-refractivity contribution in [3.8, 4) is 17.2 Å². The fraction of sp³-hybridized carbons (Fsp3) is 0.235. The molecule has 1 N–H and O–H groups in total. The maximum absolute atomic E-state index is 12.3. The Morgan fingerprint density at radius 1 is 1.00 bits per heavy atom. The number of hydrogen-bond donors (Lipinski definition) is 1. The van der Waals surface area contributed by atoms with Gasteiger partial charge >= 0.3 is 0 Å². The lowest BCUT2D eigenvalue weighted by molar-refractivity contribution is -0.115. The molecule has 0 atom stereocenters. The number of halogens is 1. The van der Waals surface area contributed by atoms with E-state index < -0.39 is 0 Å². The van der Waals surface area contributed by atoms with Gasteiger partial charge in [-0.2, -0.15) is 0 Å². The molecule has 2 aromatic carbocycles. The van der Waals surface area contributed by atoms with Gasteiger partial charge in [0.05, 0.1) is 27.8 Å². The highest BCUT2D eigenvalue weighted by molar-refractivity contribution is 6.30. The monoisotopic (exact) mass is 335 g/mol. The van der Waals surface area contributed by atoms with Crippen molar-refractivity contribution < 1.29 is 19.0 Å². The smallest absolute Gasteiger partial charge is 0.228 e. The first-order chi connectivity index (χ1) is 11.1. The van der Waals surface area contributed by atoms with Crippen LogP contribution in [-0.2, 0) is 11.2 Å². The van der Waals surface area contributed by atoms with Crippen LogP contribution < -0.4 is 19.5 Å². The maximum atomic E-state index is 12.3. The van der Waals surface area contributed by atoms with Crippen LogP contribution in [0.2, 0.25) is 5.02 Å². The molecule has 0 saturated heterocycles.